The van der Waals surface area contributed by atoms with Crippen molar-refractivity contribution >= 4 is 5.97 Å². The van der Waals surface area contributed by atoms with E-state index in [1.165, 1.54) is 57.8 Å². The van der Waals surface area contributed by atoms with Gasteiger partial charge in [0, 0.05) is 0 Å². The van der Waals surface area contributed by atoms with Crippen LogP contribution in [0.25, 0.3) is 0 Å². The lowest BCUT2D eigenvalue weighted by Crippen LogP contribution is -2.26. The number of hydrogen-bond donors (Lipinski definition) is 0. The van der Waals surface area contributed by atoms with Gasteiger partial charge in [-0.25, -0.2) is 0 Å². The van der Waals surface area contributed by atoms with Crippen LogP contribution < -0.4 is 0 Å². The molecule has 2 nitrogen and oxygen atoms in total. The van der Waals surface area contributed by atoms with Gasteiger partial charge in [0.05, 0.1) is 5.92 Å². The lowest BCUT2D eigenvalue weighted by Gasteiger charge is -2.25. The number of carbonyl (C=O) groups is 1. The van der Waals surface area contributed by atoms with Gasteiger partial charge in [-0.3, -0.25) is 4.79 Å². The molecule has 2 heteroatoms. The molecule has 0 rings (SSSR count). The number of esters is 1. The highest BCUT2D eigenvalue weighted by atomic mass is 16.5. The first-order valence-electron chi connectivity index (χ1n) is 8.73. The Morgan fingerprint density at radius 2 is 1.35 bits per heavy atom. The molecule has 0 aliphatic carbocycles. The Hall–Kier alpha value is -0.530. The van der Waals surface area contributed by atoms with Crippen molar-refractivity contribution in [1.82, 2.24) is 0 Å². The summed E-state index contributed by atoms with van der Waals surface area (Å²) in [4.78, 5) is 11.7. The highest BCUT2D eigenvalue weighted by Crippen LogP contribution is 2.24. The van der Waals surface area contributed by atoms with Gasteiger partial charge in [-0.1, -0.05) is 72.6 Å². The summed E-state index contributed by atoms with van der Waals surface area (Å²) in [6.45, 7) is 10.4. The fourth-order valence-corrected chi connectivity index (χ4v) is 2.52. The Labute approximate surface area is 126 Å². The van der Waals surface area contributed by atoms with E-state index in [0.29, 0.717) is 5.92 Å². The number of hydrogen-bond acceptors (Lipinski definition) is 2. The molecule has 0 heterocycles. The monoisotopic (exact) mass is 284 g/mol. The Bertz CT molecular complexity index is 236. The summed E-state index contributed by atoms with van der Waals surface area (Å²) in [6.07, 6.45) is 11.5. The van der Waals surface area contributed by atoms with Crippen LogP contribution in [0, 0.1) is 11.8 Å². The highest BCUT2D eigenvalue weighted by molar-refractivity contribution is 5.71. The Morgan fingerprint density at radius 3 is 1.85 bits per heavy atom. The average Bonchev–Trinajstić information content (AvgIpc) is 2.41. The summed E-state index contributed by atoms with van der Waals surface area (Å²) < 4.78 is 5.62. The van der Waals surface area contributed by atoms with Crippen molar-refractivity contribution in [3.63, 3.8) is 0 Å². The second-order valence-electron chi connectivity index (χ2n) is 6.40. The van der Waals surface area contributed by atoms with E-state index in [9.17, 15) is 4.79 Å². The molecule has 0 saturated heterocycles. The van der Waals surface area contributed by atoms with Crippen LogP contribution in [0.1, 0.15) is 92.4 Å². The van der Waals surface area contributed by atoms with Crippen LogP contribution in [0.2, 0.25) is 0 Å². The van der Waals surface area contributed by atoms with Crippen molar-refractivity contribution < 1.29 is 9.53 Å². The third kappa shape index (κ3) is 9.39. The minimum Gasteiger partial charge on any atom is -0.462 e. The average molecular weight is 284 g/mol. The first kappa shape index (κ1) is 19.5. The fraction of sp³-hybridized carbons (Fsp3) is 0.944. The number of unbranched alkanes of at least 4 members (excludes halogenated alkanes) is 5. The molecule has 0 aliphatic heterocycles. The molecule has 20 heavy (non-hydrogen) atoms. The fourth-order valence-electron chi connectivity index (χ4n) is 2.52. The van der Waals surface area contributed by atoms with Crippen molar-refractivity contribution in [3.8, 4) is 0 Å². The van der Waals surface area contributed by atoms with E-state index in [2.05, 4.69) is 20.8 Å². The molecule has 0 fully saturated rings. The molecular formula is C18H36O2. The van der Waals surface area contributed by atoms with Gasteiger partial charge >= 0.3 is 5.97 Å². The van der Waals surface area contributed by atoms with Gasteiger partial charge in [-0.2, -0.15) is 0 Å². The van der Waals surface area contributed by atoms with E-state index in [4.69, 9.17) is 4.74 Å². The molecule has 2 atom stereocenters. The maximum absolute atomic E-state index is 11.7. The molecule has 0 N–H and O–H groups in total. The highest BCUT2D eigenvalue weighted by Gasteiger charge is 2.21. The van der Waals surface area contributed by atoms with E-state index in [1.807, 2.05) is 13.8 Å². The van der Waals surface area contributed by atoms with Gasteiger partial charge in [0.1, 0.15) is 6.10 Å². The molecule has 0 aromatic heterocycles. The minimum atomic E-state index is -0.0495. The molecule has 0 bridgehead atoms. The summed E-state index contributed by atoms with van der Waals surface area (Å²) in [6, 6.07) is 0. The van der Waals surface area contributed by atoms with Gasteiger partial charge in [0.25, 0.3) is 0 Å². The molecule has 120 valence electrons. The normalized spacial score (nSPS) is 14.3. The lowest BCUT2D eigenvalue weighted by atomic mass is 9.90. The standard InChI is InChI=1S/C18H36O2/c1-6-8-10-12-14-17(13-11-9-7-2)16(5)20-18(19)15(3)4/h15-17H,6-14H2,1-5H3. The number of rotatable bonds is 12. The Kier molecular flexibility index (Phi) is 11.9. The first-order valence-corrected chi connectivity index (χ1v) is 8.73. The third-order valence-corrected chi connectivity index (χ3v) is 4.04. The van der Waals surface area contributed by atoms with Crippen molar-refractivity contribution in [2.75, 3.05) is 0 Å². The van der Waals surface area contributed by atoms with E-state index in [-0.39, 0.29) is 18.0 Å². The van der Waals surface area contributed by atoms with Crippen LogP contribution in [0.15, 0.2) is 0 Å². The molecule has 0 saturated carbocycles. The van der Waals surface area contributed by atoms with E-state index in [1.54, 1.807) is 0 Å². The smallest absolute Gasteiger partial charge is 0.308 e. The summed E-state index contributed by atoms with van der Waals surface area (Å²) in [5.74, 6) is 0.474. The maximum atomic E-state index is 11.7. The predicted octanol–water partition coefficient (Wildman–Crippen LogP) is 5.74. The largest absolute Gasteiger partial charge is 0.462 e. The van der Waals surface area contributed by atoms with Crippen molar-refractivity contribution in [3.05, 3.63) is 0 Å². The van der Waals surface area contributed by atoms with Gasteiger partial charge in [-0.15, -0.1) is 0 Å². The zero-order chi connectivity index (χ0) is 15.4. The number of ether oxygens (including phenoxy) is 1. The molecule has 0 aromatic rings. The molecule has 0 aromatic carbocycles. The van der Waals surface area contributed by atoms with Gasteiger partial charge in [-0.05, 0) is 25.7 Å². The lowest BCUT2D eigenvalue weighted by molar-refractivity contribution is -0.154. The summed E-state index contributed by atoms with van der Waals surface area (Å²) in [5, 5.41) is 0. The molecular weight excluding hydrogens is 248 g/mol. The summed E-state index contributed by atoms with van der Waals surface area (Å²) in [5.41, 5.74) is 0. The van der Waals surface area contributed by atoms with Gasteiger partial charge in [0.15, 0.2) is 0 Å². The zero-order valence-corrected chi connectivity index (χ0v) is 14.4. The third-order valence-electron chi connectivity index (χ3n) is 4.04. The molecule has 0 aliphatic rings. The molecule has 0 radical (unpaired) electrons. The minimum absolute atomic E-state index is 0.0196. The van der Waals surface area contributed by atoms with E-state index >= 15 is 0 Å². The van der Waals surface area contributed by atoms with Crippen molar-refractivity contribution in [1.29, 1.82) is 0 Å². The van der Waals surface area contributed by atoms with E-state index < -0.39 is 0 Å². The Morgan fingerprint density at radius 1 is 0.850 bits per heavy atom. The second-order valence-corrected chi connectivity index (χ2v) is 6.40. The quantitative estimate of drug-likeness (QED) is 0.337. The second kappa shape index (κ2) is 12.2. The van der Waals surface area contributed by atoms with Crippen LogP contribution in [0.5, 0.6) is 0 Å². The van der Waals surface area contributed by atoms with Crippen molar-refractivity contribution in [2.24, 2.45) is 11.8 Å². The van der Waals surface area contributed by atoms with Gasteiger partial charge < -0.3 is 4.74 Å². The van der Waals surface area contributed by atoms with Crippen LogP contribution in [-0.2, 0) is 9.53 Å². The first-order chi connectivity index (χ1) is 9.52. The zero-order valence-electron chi connectivity index (χ0n) is 14.4. The predicted molar refractivity (Wildman–Crippen MR) is 86.8 cm³/mol. The SMILES string of the molecule is CCCCCCC(CCCCC)C(C)OC(=O)C(C)C. The topological polar surface area (TPSA) is 26.3 Å². The summed E-state index contributed by atoms with van der Waals surface area (Å²) in [7, 11) is 0. The van der Waals surface area contributed by atoms with E-state index in [0.717, 1.165) is 0 Å². The van der Waals surface area contributed by atoms with Crippen LogP contribution in [0.4, 0.5) is 0 Å². The van der Waals surface area contributed by atoms with Crippen LogP contribution >= 0.6 is 0 Å². The summed E-state index contributed by atoms with van der Waals surface area (Å²) >= 11 is 0. The Balaban J connectivity index is 4.21. The number of carbonyl (C=O) groups excluding carboxylic acids is 1. The van der Waals surface area contributed by atoms with Crippen molar-refractivity contribution in [2.45, 2.75) is 98.5 Å². The van der Waals surface area contributed by atoms with Gasteiger partial charge in [0.2, 0.25) is 0 Å². The van der Waals surface area contributed by atoms with Crippen LogP contribution in [0.3, 0.4) is 0 Å². The van der Waals surface area contributed by atoms with Crippen LogP contribution in [-0.4, -0.2) is 12.1 Å². The molecule has 2 unspecified atom stereocenters. The molecule has 0 amide bonds. The molecule has 0 spiro atoms. The maximum Gasteiger partial charge on any atom is 0.308 e.